The molecule has 0 saturated heterocycles. The van der Waals surface area contributed by atoms with Gasteiger partial charge in [0.25, 0.3) is 0 Å². The number of carboxylic acids is 1. The maximum atomic E-state index is 11.7. The highest BCUT2D eigenvalue weighted by Gasteiger charge is 2.26. The number of nitrogens with one attached hydrogen (secondary N) is 2. The summed E-state index contributed by atoms with van der Waals surface area (Å²) in [7, 11) is 0. The zero-order valence-corrected chi connectivity index (χ0v) is 13.3. The molecule has 1 heterocycles. The van der Waals surface area contributed by atoms with Crippen LogP contribution in [0.3, 0.4) is 0 Å². The minimum absolute atomic E-state index is 0.0612. The molecule has 9 heteroatoms. The number of aromatic nitrogens is 1. The average Bonchev–Trinajstić information content (AvgIpc) is 2.59. The Bertz CT molecular complexity index is 529. The molecule has 0 atom stereocenters. The molecule has 1 aromatic rings. The van der Waals surface area contributed by atoms with Gasteiger partial charge in [-0.3, -0.25) is 20.2 Å². The quantitative estimate of drug-likeness (QED) is 0.744. The van der Waals surface area contributed by atoms with Crippen LogP contribution in [0, 0.1) is 5.41 Å². The van der Waals surface area contributed by atoms with Crippen LogP contribution in [0.5, 0.6) is 0 Å². The van der Waals surface area contributed by atoms with E-state index >= 15 is 0 Å². The van der Waals surface area contributed by atoms with Crippen LogP contribution in [-0.2, 0) is 9.59 Å². The van der Waals surface area contributed by atoms with Crippen molar-refractivity contribution in [2.75, 3.05) is 5.32 Å². The van der Waals surface area contributed by atoms with E-state index in [9.17, 15) is 14.4 Å². The Kier molecular flexibility index (Phi) is 5.63. The van der Waals surface area contributed by atoms with Gasteiger partial charge < -0.3 is 5.11 Å². The average molecular weight is 364 g/mol. The molecule has 110 valence electrons. The molecule has 7 nitrogen and oxygen atoms in total. The molecule has 0 fully saturated rings. The smallest absolute Gasteiger partial charge is 0.327 e. The second-order valence-electron chi connectivity index (χ2n) is 4.88. The number of aliphatic carboxylic acids is 1. The summed E-state index contributed by atoms with van der Waals surface area (Å²) in [6.07, 6.45) is 1.31. The van der Waals surface area contributed by atoms with Crippen molar-refractivity contribution in [2.24, 2.45) is 5.41 Å². The van der Waals surface area contributed by atoms with Crippen molar-refractivity contribution in [3.8, 4) is 0 Å². The van der Waals surface area contributed by atoms with Crippen LogP contribution in [-0.4, -0.2) is 28.0 Å². The Morgan fingerprint density at radius 2 is 2.05 bits per heavy atom. The van der Waals surface area contributed by atoms with Crippen molar-refractivity contribution in [3.05, 3.63) is 9.98 Å². The number of halogens is 1. The van der Waals surface area contributed by atoms with Crippen LogP contribution in [0.1, 0.15) is 26.7 Å². The molecule has 0 radical (unpaired) electrons. The molecule has 1 aromatic heterocycles. The van der Waals surface area contributed by atoms with Crippen molar-refractivity contribution in [2.45, 2.75) is 26.7 Å². The number of amides is 3. The highest BCUT2D eigenvalue weighted by Crippen LogP contribution is 2.25. The lowest BCUT2D eigenvalue weighted by atomic mass is 9.85. The number of urea groups is 1. The van der Waals surface area contributed by atoms with Crippen molar-refractivity contribution in [1.29, 1.82) is 0 Å². The van der Waals surface area contributed by atoms with E-state index in [1.165, 1.54) is 17.5 Å². The number of imide groups is 1. The Morgan fingerprint density at radius 1 is 1.40 bits per heavy atom. The van der Waals surface area contributed by atoms with Gasteiger partial charge >= 0.3 is 12.0 Å². The minimum Gasteiger partial charge on any atom is -0.481 e. The lowest BCUT2D eigenvalue weighted by molar-refractivity contribution is -0.139. The molecular formula is C11H14BrN3O4S. The largest absolute Gasteiger partial charge is 0.481 e. The molecule has 0 aliphatic rings. The summed E-state index contributed by atoms with van der Waals surface area (Å²) in [4.78, 5) is 37.7. The van der Waals surface area contributed by atoms with Gasteiger partial charge in [0.2, 0.25) is 5.91 Å². The fourth-order valence-electron chi connectivity index (χ4n) is 1.52. The SMILES string of the molecule is CC(C)(CC(=O)O)CC(=O)NC(=O)Nc1ncc(Br)s1. The van der Waals surface area contributed by atoms with Gasteiger partial charge in [-0.25, -0.2) is 9.78 Å². The van der Waals surface area contributed by atoms with E-state index in [0.29, 0.717) is 5.13 Å². The lowest BCUT2D eigenvalue weighted by Crippen LogP contribution is -2.37. The van der Waals surface area contributed by atoms with Crippen molar-refractivity contribution < 1.29 is 19.5 Å². The normalized spacial score (nSPS) is 10.9. The van der Waals surface area contributed by atoms with Crippen molar-refractivity contribution in [3.63, 3.8) is 0 Å². The summed E-state index contributed by atoms with van der Waals surface area (Å²) in [5.74, 6) is -1.52. The molecule has 0 spiro atoms. The Morgan fingerprint density at radius 3 is 2.55 bits per heavy atom. The van der Waals surface area contributed by atoms with Gasteiger partial charge in [0.05, 0.1) is 16.4 Å². The zero-order chi connectivity index (χ0) is 15.3. The topological polar surface area (TPSA) is 108 Å². The van der Waals surface area contributed by atoms with Gasteiger partial charge in [-0.1, -0.05) is 25.2 Å². The van der Waals surface area contributed by atoms with Gasteiger partial charge in [0, 0.05) is 6.42 Å². The fraction of sp³-hybridized carbons (Fsp3) is 0.455. The molecule has 0 unspecified atom stereocenters. The van der Waals surface area contributed by atoms with Gasteiger partial charge in [-0.2, -0.15) is 0 Å². The molecule has 3 amide bonds. The molecule has 0 bridgehead atoms. The van der Waals surface area contributed by atoms with Crippen LogP contribution < -0.4 is 10.6 Å². The van der Waals surface area contributed by atoms with Crippen LogP contribution in [0.2, 0.25) is 0 Å². The van der Waals surface area contributed by atoms with E-state index in [4.69, 9.17) is 5.11 Å². The number of carbonyl (C=O) groups is 3. The van der Waals surface area contributed by atoms with Crippen LogP contribution in [0.25, 0.3) is 0 Å². The van der Waals surface area contributed by atoms with Crippen LogP contribution >= 0.6 is 27.3 Å². The molecule has 0 saturated carbocycles. The fourth-order valence-corrected chi connectivity index (χ4v) is 2.62. The molecule has 1 rings (SSSR count). The first-order chi connectivity index (χ1) is 9.18. The van der Waals surface area contributed by atoms with Crippen molar-refractivity contribution in [1.82, 2.24) is 10.3 Å². The number of thiazole rings is 1. The summed E-state index contributed by atoms with van der Waals surface area (Å²) in [5.41, 5.74) is -0.722. The molecule has 3 N–H and O–H groups in total. The summed E-state index contributed by atoms with van der Waals surface area (Å²) in [5, 5.41) is 13.6. The zero-order valence-electron chi connectivity index (χ0n) is 10.9. The number of rotatable bonds is 5. The Balaban J connectivity index is 2.45. The van der Waals surface area contributed by atoms with E-state index in [-0.39, 0.29) is 12.8 Å². The highest BCUT2D eigenvalue weighted by atomic mass is 79.9. The molecule has 20 heavy (non-hydrogen) atoms. The number of carboxylic acid groups (broad SMARTS) is 1. The Hall–Kier alpha value is -1.48. The first-order valence-corrected chi connectivity index (χ1v) is 7.23. The molecular weight excluding hydrogens is 350 g/mol. The van der Waals surface area contributed by atoms with Crippen molar-refractivity contribution >= 4 is 50.3 Å². The molecule has 0 aliphatic heterocycles. The number of anilines is 1. The van der Waals surface area contributed by atoms with Crippen LogP contribution in [0.4, 0.5) is 9.93 Å². The van der Waals surface area contributed by atoms with E-state index in [0.717, 1.165) is 3.79 Å². The number of hydrogen-bond donors (Lipinski definition) is 3. The van der Waals surface area contributed by atoms with E-state index in [1.807, 2.05) is 0 Å². The predicted octanol–water partition coefficient (Wildman–Crippen LogP) is 2.44. The van der Waals surface area contributed by atoms with Gasteiger partial charge in [0.15, 0.2) is 5.13 Å². The summed E-state index contributed by atoms with van der Waals surface area (Å²) < 4.78 is 0.752. The monoisotopic (exact) mass is 363 g/mol. The third kappa shape index (κ3) is 6.11. The third-order valence-electron chi connectivity index (χ3n) is 2.22. The molecule has 0 aliphatic carbocycles. The first kappa shape index (κ1) is 16.6. The van der Waals surface area contributed by atoms with Gasteiger partial charge in [-0.05, 0) is 21.3 Å². The van der Waals surface area contributed by atoms with E-state index in [1.54, 1.807) is 13.8 Å². The Labute approximate surface area is 127 Å². The number of nitrogens with zero attached hydrogens (tertiary/aromatic N) is 1. The highest BCUT2D eigenvalue weighted by molar-refractivity contribution is 9.11. The predicted molar refractivity (Wildman–Crippen MR) is 77.6 cm³/mol. The maximum Gasteiger partial charge on any atom is 0.327 e. The number of hydrogen-bond acceptors (Lipinski definition) is 5. The number of carbonyl (C=O) groups excluding carboxylic acids is 2. The lowest BCUT2D eigenvalue weighted by Gasteiger charge is -2.21. The standard InChI is InChI=1S/C11H14BrN3O4S/c1-11(2,4-8(17)18)3-7(16)14-9(19)15-10-13-5-6(12)20-10/h5H,3-4H2,1-2H3,(H,17,18)(H2,13,14,15,16,19). The third-order valence-corrected chi connectivity index (χ3v) is 3.61. The second-order valence-corrected chi connectivity index (χ2v) is 7.29. The first-order valence-electron chi connectivity index (χ1n) is 5.62. The minimum atomic E-state index is -0.986. The summed E-state index contributed by atoms with van der Waals surface area (Å²) in [6, 6.07) is -0.692. The van der Waals surface area contributed by atoms with E-state index in [2.05, 4.69) is 31.5 Å². The van der Waals surface area contributed by atoms with Gasteiger partial charge in [0.1, 0.15) is 0 Å². The van der Waals surface area contributed by atoms with Gasteiger partial charge in [-0.15, -0.1) is 0 Å². The summed E-state index contributed by atoms with van der Waals surface area (Å²) in [6.45, 7) is 3.30. The second kappa shape index (κ2) is 6.80. The molecule has 0 aromatic carbocycles. The summed E-state index contributed by atoms with van der Waals surface area (Å²) >= 11 is 4.41. The van der Waals surface area contributed by atoms with Crippen LogP contribution in [0.15, 0.2) is 9.98 Å². The van der Waals surface area contributed by atoms with E-state index < -0.39 is 23.3 Å². The maximum absolute atomic E-state index is 11.7.